The zero-order valence-corrected chi connectivity index (χ0v) is 15.2. The van der Waals surface area contributed by atoms with Crippen LogP contribution in [0.3, 0.4) is 0 Å². The summed E-state index contributed by atoms with van der Waals surface area (Å²) in [5.74, 6) is 0. The van der Waals surface area contributed by atoms with Crippen molar-refractivity contribution in [2.24, 2.45) is 7.05 Å². The Morgan fingerprint density at radius 2 is 0.962 bits per heavy atom. The molecule has 0 amide bonds. The lowest BCUT2D eigenvalue weighted by Gasteiger charge is -2.10. The molecule has 0 aliphatic rings. The Kier molecular flexibility index (Phi) is 4.37. The van der Waals surface area contributed by atoms with E-state index in [-0.39, 0.29) is 0 Å². The van der Waals surface area contributed by atoms with E-state index in [1.165, 1.54) is 39.2 Å². The molecule has 4 rings (SSSR count). The molecule has 1 heterocycles. The van der Waals surface area contributed by atoms with Crippen molar-refractivity contribution in [3.63, 3.8) is 0 Å². The molecule has 0 spiro atoms. The summed E-state index contributed by atoms with van der Waals surface area (Å²) in [5, 5.41) is 0. The molecule has 1 nitrogen and oxygen atoms in total. The third kappa shape index (κ3) is 3.16. The van der Waals surface area contributed by atoms with Crippen LogP contribution in [0, 0.1) is 6.92 Å². The van der Waals surface area contributed by atoms with E-state index in [0.717, 1.165) is 0 Å². The number of hydrogen-bond donors (Lipinski definition) is 0. The molecule has 1 aromatic heterocycles. The van der Waals surface area contributed by atoms with Gasteiger partial charge < -0.3 is 0 Å². The van der Waals surface area contributed by atoms with Gasteiger partial charge in [-0.25, -0.2) is 0 Å². The Bertz CT molecular complexity index is 956. The van der Waals surface area contributed by atoms with Gasteiger partial charge in [0.05, 0.1) is 0 Å². The van der Waals surface area contributed by atoms with Crippen LogP contribution in [0.25, 0.3) is 33.6 Å². The Morgan fingerprint density at radius 3 is 1.42 bits per heavy atom. The summed E-state index contributed by atoms with van der Waals surface area (Å²) >= 11 is 0. The molecule has 0 bridgehead atoms. The van der Waals surface area contributed by atoms with Crippen LogP contribution >= 0.6 is 0 Å². The van der Waals surface area contributed by atoms with E-state index in [0.29, 0.717) is 0 Å². The minimum absolute atomic E-state index is 1.21. The summed E-state index contributed by atoms with van der Waals surface area (Å²) in [6, 6.07) is 34.5. The van der Waals surface area contributed by atoms with Crippen molar-refractivity contribution in [2.75, 3.05) is 0 Å². The van der Waals surface area contributed by atoms with Gasteiger partial charge in [-0.05, 0) is 42.3 Å². The number of aryl methyl sites for hydroxylation is 1. The SMILES string of the molecule is Cc1ccc(-c2cc(-c3ccccc3)[n+](C)c(-c3ccccc3)c2)cc1. The topological polar surface area (TPSA) is 3.88 Å². The minimum Gasteiger partial charge on any atom is -0.194 e. The van der Waals surface area contributed by atoms with E-state index >= 15 is 0 Å². The number of nitrogens with zero attached hydrogens (tertiary/aromatic N) is 1. The largest absolute Gasteiger partial charge is 0.213 e. The maximum atomic E-state index is 2.28. The van der Waals surface area contributed by atoms with E-state index in [4.69, 9.17) is 0 Å². The minimum atomic E-state index is 1.21. The quantitative estimate of drug-likeness (QED) is 0.415. The summed E-state index contributed by atoms with van der Waals surface area (Å²) in [4.78, 5) is 0. The molecular weight excluding hydrogens is 314 g/mol. The number of aromatic nitrogens is 1. The number of rotatable bonds is 3. The average molecular weight is 336 g/mol. The second kappa shape index (κ2) is 6.97. The van der Waals surface area contributed by atoms with Gasteiger partial charge in [-0.2, -0.15) is 4.57 Å². The molecular formula is C25H22N+. The number of benzene rings is 3. The van der Waals surface area contributed by atoms with Gasteiger partial charge in [-0.15, -0.1) is 0 Å². The Morgan fingerprint density at radius 1 is 0.500 bits per heavy atom. The lowest BCUT2D eigenvalue weighted by molar-refractivity contribution is -0.649. The van der Waals surface area contributed by atoms with Crippen LogP contribution < -0.4 is 4.57 Å². The second-order valence-corrected chi connectivity index (χ2v) is 6.67. The molecule has 0 aliphatic heterocycles. The molecule has 1 heteroatoms. The smallest absolute Gasteiger partial charge is 0.194 e. The van der Waals surface area contributed by atoms with Gasteiger partial charge in [0.2, 0.25) is 11.4 Å². The van der Waals surface area contributed by atoms with Crippen molar-refractivity contribution < 1.29 is 4.57 Å². The second-order valence-electron chi connectivity index (χ2n) is 6.67. The average Bonchev–Trinajstić information content (AvgIpc) is 2.70. The summed E-state index contributed by atoms with van der Waals surface area (Å²) in [7, 11) is 2.14. The lowest BCUT2D eigenvalue weighted by Crippen LogP contribution is -2.34. The molecule has 0 atom stereocenters. The molecule has 3 aromatic carbocycles. The molecule has 0 fully saturated rings. The van der Waals surface area contributed by atoms with Gasteiger partial charge in [0.1, 0.15) is 7.05 Å². The van der Waals surface area contributed by atoms with E-state index in [2.05, 4.69) is 116 Å². The number of pyridine rings is 1. The van der Waals surface area contributed by atoms with Crippen LogP contribution in [-0.4, -0.2) is 0 Å². The van der Waals surface area contributed by atoms with Gasteiger partial charge in [0.15, 0.2) is 0 Å². The fourth-order valence-electron chi connectivity index (χ4n) is 3.34. The van der Waals surface area contributed by atoms with Crippen LogP contribution in [0.5, 0.6) is 0 Å². The molecule has 0 N–H and O–H groups in total. The van der Waals surface area contributed by atoms with E-state index in [1.54, 1.807) is 0 Å². The standard InChI is InChI=1S/C25H22N/c1-19-13-15-20(16-14-19)23-17-24(21-9-5-3-6-10-21)26(2)25(18-23)22-11-7-4-8-12-22/h3-18H,1-2H3/q+1. The molecule has 26 heavy (non-hydrogen) atoms. The lowest BCUT2D eigenvalue weighted by atomic mass is 9.98. The summed E-state index contributed by atoms with van der Waals surface area (Å²) in [6.45, 7) is 2.12. The van der Waals surface area contributed by atoms with Crippen LogP contribution in [0.2, 0.25) is 0 Å². The molecule has 126 valence electrons. The van der Waals surface area contributed by atoms with Crippen LogP contribution in [-0.2, 0) is 7.05 Å². The highest BCUT2D eigenvalue weighted by Crippen LogP contribution is 2.28. The third-order valence-corrected chi connectivity index (χ3v) is 4.83. The molecule has 0 radical (unpaired) electrons. The zero-order chi connectivity index (χ0) is 17.9. The molecule has 0 saturated heterocycles. The van der Waals surface area contributed by atoms with E-state index in [9.17, 15) is 0 Å². The zero-order valence-electron chi connectivity index (χ0n) is 15.2. The van der Waals surface area contributed by atoms with Crippen LogP contribution in [0.4, 0.5) is 0 Å². The predicted octanol–water partition coefficient (Wildman–Crippen LogP) is 5.82. The van der Waals surface area contributed by atoms with Crippen LogP contribution in [0.15, 0.2) is 97.1 Å². The van der Waals surface area contributed by atoms with Gasteiger partial charge >= 0.3 is 0 Å². The highest BCUT2D eigenvalue weighted by molar-refractivity contribution is 5.73. The highest BCUT2D eigenvalue weighted by atomic mass is 14.9. The van der Waals surface area contributed by atoms with Crippen molar-refractivity contribution in [1.82, 2.24) is 0 Å². The monoisotopic (exact) mass is 336 g/mol. The van der Waals surface area contributed by atoms with Crippen molar-refractivity contribution in [3.05, 3.63) is 103 Å². The van der Waals surface area contributed by atoms with E-state index in [1.807, 2.05) is 0 Å². The molecule has 0 unspecified atom stereocenters. The van der Waals surface area contributed by atoms with Crippen molar-refractivity contribution in [3.8, 4) is 33.6 Å². The molecule has 4 aromatic rings. The van der Waals surface area contributed by atoms with Crippen molar-refractivity contribution in [2.45, 2.75) is 6.92 Å². The summed E-state index contributed by atoms with van der Waals surface area (Å²) in [5.41, 5.74) is 8.63. The summed E-state index contributed by atoms with van der Waals surface area (Å²) in [6.07, 6.45) is 0. The first-order valence-electron chi connectivity index (χ1n) is 8.94. The molecule has 0 saturated carbocycles. The third-order valence-electron chi connectivity index (χ3n) is 4.83. The fraction of sp³-hybridized carbons (Fsp3) is 0.0800. The maximum Gasteiger partial charge on any atom is 0.213 e. The normalized spacial score (nSPS) is 10.7. The Hall–Kier alpha value is -3.19. The Balaban J connectivity index is 1.97. The van der Waals surface area contributed by atoms with Crippen molar-refractivity contribution in [1.29, 1.82) is 0 Å². The summed E-state index contributed by atoms with van der Waals surface area (Å²) < 4.78 is 2.28. The fourth-order valence-corrected chi connectivity index (χ4v) is 3.34. The van der Waals surface area contributed by atoms with Gasteiger partial charge in [0.25, 0.3) is 0 Å². The van der Waals surface area contributed by atoms with Gasteiger partial charge in [0, 0.05) is 23.3 Å². The Labute approximate surface area is 155 Å². The first-order chi connectivity index (χ1) is 12.7. The highest BCUT2D eigenvalue weighted by Gasteiger charge is 2.19. The number of hydrogen-bond acceptors (Lipinski definition) is 0. The van der Waals surface area contributed by atoms with E-state index < -0.39 is 0 Å². The first-order valence-corrected chi connectivity index (χ1v) is 8.94. The maximum absolute atomic E-state index is 2.28. The first kappa shape index (κ1) is 16.3. The van der Waals surface area contributed by atoms with Gasteiger partial charge in [-0.3, -0.25) is 0 Å². The van der Waals surface area contributed by atoms with Gasteiger partial charge in [-0.1, -0.05) is 66.2 Å². The molecule has 0 aliphatic carbocycles. The van der Waals surface area contributed by atoms with Crippen LogP contribution in [0.1, 0.15) is 5.56 Å². The predicted molar refractivity (Wildman–Crippen MR) is 109 cm³/mol. The van der Waals surface area contributed by atoms with Crippen molar-refractivity contribution >= 4 is 0 Å².